The van der Waals surface area contributed by atoms with Gasteiger partial charge in [-0.15, -0.1) is 0 Å². The number of nitrogens with one attached hydrogen (secondary N) is 2. The summed E-state index contributed by atoms with van der Waals surface area (Å²) in [5.74, 6) is -1.33. The number of hydrogen-bond acceptors (Lipinski definition) is 3. The van der Waals surface area contributed by atoms with Crippen LogP contribution in [0, 0.1) is 0 Å². The molecule has 2 amide bonds. The van der Waals surface area contributed by atoms with Gasteiger partial charge in [-0.3, -0.25) is 9.59 Å². The molecule has 0 saturated carbocycles. The summed E-state index contributed by atoms with van der Waals surface area (Å²) in [5.41, 5.74) is 0.501. The fourth-order valence-electron chi connectivity index (χ4n) is 1.70. The van der Waals surface area contributed by atoms with Gasteiger partial charge < -0.3 is 15.5 Å². The van der Waals surface area contributed by atoms with Crippen LogP contribution in [0.15, 0.2) is 24.3 Å². The van der Waals surface area contributed by atoms with Crippen LogP contribution in [-0.4, -0.2) is 42.9 Å². The summed E-state index contributed by atoms with van der Waals surface area (Å²) < 4.78 is 0. The Bertz CT molecular complexity index is 461. The molecule has 0 fully saturated rings. The van der Waals surface area contributed by atoms with Gasteiger partial charge >= 0.3 is 11.8 Å². The van der Waals surface area contributed by atoms with Crippen molar-refractivity contribution in [3.05, 3.63) is 29.3 Å². The molecule has 2 N–H and O–H groups in total. The van der Waals surface area contributed by atoms with Crippen molar-refractivity contribution in [1.82, 2.24) is 10.2 Å². The molecule has 0 radical (unpaired) electrons. The number of carbonyl (C=O) groups excluding carboxylic acids is 2. The SMILES string of the molecule is CCN(CC)CCNC(=O)C(=O)Nc1cccc(Cl)c1. The molecule has 0 unspecified atom stereocenters. The van der Waals surface area contributed by atoms with Crippen LogP contribution in [0.1, 0.15) is 13.8 Å². The number of nitrogens with zero attached hydrogens (tertiary/aromatic N) is 1. The maximum absolute atomic E-state index is 11.7. The van der Waals surface area contributed by atoms with E-state index in [0.29, 0.717) is 17.3 Å². The fraction of sp³-hybridized carbons (Fsp3) is 0.429. The molecule has 5 nitrogen and oxygen atoms in total. The number of amides is 2. The van der Waals surface area contributed by atoms with Gasteiger partial charge in [0, 0.05) is 23.8 Å². The molecule has 20 heavy (non-hydrogen) atoms. The Balaban J connectivity index is 2.38. The smallest absolute Gasteiger partial charge is 0.313 e. The molecular formula is C14H20ClN3O2. The van der Waals surface area contributed by atoms with Crippen molar-refractivity contribution in [3.63, 3.8) is 0 Å². The monoisotopic (exact) mass is 297 g/mol. The number of benzene rings is 1. The standard InChI is InChI=1S/C14H20ClN3O2/c1-3-18(4-2)9-8-16-13(19)14(20)17-12-7-5-6-11(15)10-12/h5-7,10H,3-4,8-9H2,1-2H3,(H,16,19)(H,17,20). The van der Waals surface area contributed by atoms with Crippen LogP contribution in [0.2, 0.25) is 5.02 Å². The Labute approximate surface area is 124 Å². The van der Waals surface area contributed by atoms with Crippen LogP contribution in [0.5, 0.6) is 0 Å². The van der Waals surface area contributed by atoms with Gasteiger partial charge in [-0.05, 0) is 31.3 Å². The van der Waals surface area contributed by atoms with E-state index in [1.54, 1.807) is 24.3 Å². The van der Waals surface area contributed by atoms with Crippen molar-refractivity contribution in [2.24, 2.45) is 0 Å². The van der Waals surface area contributed by atoms with Crippen LogP contribution >= 0.6 is 11.6 Å². The average molecular weight is 298 g/mol. The highest BCUT2D eigenvalue weighted by Crippen LogP contribution is 2.14. The summed E-state index contributed by atoms with van der Waals surface area (Å²) in [6.07, 6.45) is 0. The second-order valence-corrected chi connectivity index (χ2v) is 4.68. The highest BCUT2D eigenvalue weighted by atomic mass is 35.5. The molecule has 0 atom stereocenters. The molecule has 0 spiro atoms. The number of halogens is 1. The molecule has 1 rings (SSSR count). The second-order valence-electron chi connectivity index (χ2n) is 4.25. The first-order chi connectivity index (χ1) is 9.56. The first kappa shape index (κ1) is 16.5. The van der Waals surface area contributed by atoms with Crippen LogP contribution in [0.4, 0.5) is 5.69 Å². The molecule has 0 aromatic heterocycles. The molecule has 110 valence electrons. The first-order valence-corrected chi connectivity index (χ1v) is 7.01. The van der Waals surface area contributed by atoms with Gasteiger partial charge in [0.2, 0.25) is 0 Å². The first-order valence-electron chi connectivity index (χ1n) is 6.64. The lowest BCUT2D eigenvalue weighted by atomic mass is 10.3. The Morgan fingerprint density at radius 1 is 1.20 bits per heavy atom. The van der Waals surface area contributed by atoms with Gasteiger partial charge in [-0.2, -0.15) is 0 Å². The average Bonchev–Trinajstić information content (AvgIpc) is 2.43. The number of carbonyl (C=O) groups is 2. The maximum Gasteiger partial charge on any atom is 0.313 e. The van der Waals surface area contributed by atoms with Gasteiger partial charge in [0.05, 0.1) is 0 Å². The van der Waals surface area contributed by atoms with Gasteiger partial charge in [0.15, 0.2) is 0 Å². The van der Waals surface area contributed by atoms with Gasteiger partial charge in [-0.25, -0.2) is 0 Å². The number of anilines is 1. The van der Waals surface area contributed by atoms with Crippen LogP contribution in [0.3, 0.4) is 0 Å². The predicted molar refractivity (Wildman–Crippen MR) is 80.9 cm³/mol. The van der Waals surface area contributed by atoms with E-state index >= 15 is 0 Å². The van der Waals surface area contributed by atoms with E-state index in [2.05, 4.69) is 29.4 Å². The van der Waals surface area contributed by atoms with Crippen LogP contribution in [0.25, 0.3) is 0 Å². The molecule has 0 aliphatic carbocycles. The topological polar surface area (TPSA) is 61.4 Å². The van der Waals surface area contributed by atoms with Crippen molar-refractivity contribution in [1.29, 1.82) is 0 Å². The Morgan fingerprint density at radius 2 is 1.90 bits per heavy atom. The summed E-state index contributed by atoms with van der Waals surface area (Å²) >= 11 is 5.80. The largest absolute Gasteiger partial charge is 0.347 e. The quantitative estimate of drug-likeness (QED) is 0.786. The molecule has 0 aliphatic heterocycles. The van der Waals surface area contributed by atoms with Gasteiger partial charge in [-0.1, -0.05) is 31.5 Å². The zero-order valence-electron chi connectivity index (χ0n) is 11.8. The van der Waals surface area contributed by atoms with E-state index in [1.807, 2.05) is 0 Å². The van der Waals surface area contributed by atoms with Gasteiger partial charge in [0.25, 0.3) is 0 Å². The van der Waals surface area contributed by atoms with Crippen LogP contribution < -0.4 is 10.6 Å². The van der Waals surface area contributed by atoms with Crippen molar-refractivity contribution < 1.29 is 9.59 Å². The minimum Gasteiger partial charge on any atom is -0.347 e. The van der Waals surface area contributed by atoms with Crippen molar-refractivity contribution in [2.45, 2.75) is 13.8 Å². The molecule has 0 bridgehead atoms. The van der Waals surface area contributed by atoms with E-state index in [-0.39, 0.29) is 0 Å². The fourth-order valence-corrected chi connectivity index (χ4v) is 1.89. The third-order valence-electron chi connectivity index (χ3n) is 2.90. The van der Waals surface area contributed by atoms with Crippen molar-refractivity contribution in [2.75, 3.05) is 31.5 Å². The van der Waals surface area contributed by atoms with E-state index in [9.17, 15) is 9.59 Å². The van der Waals surface area contributed by atoms with Crippen LogP contribution in [-0.2, 0) is 9.59 Å². The molecule has 0 saturated heterocycles. The zero-order valence-corrected chi connectivity index (χ0v) is 12.5. The summed E-state index contributed by atoms with van der Waals surface area (Å²) in [4.78, 5) is 25.4. The Kier molecular flexibility index (Phi) is 7.04. The molecular weight excluding hydrogens is 278 g/mol. The summed E-state index contributed by atoms with van der Waals surface area (Å²) in [6, 6.07) is 6.66. The predicted octanol–water partition coefficient (Wildman–Crippen LogP) is 1.74. The molecule has 1 aromatic carbocycles. The minimum absolute atomic E-state index is 0.448. The Hall–Kier alpha value is -1.59. The molecule has 0 heterocycles. The maximum atomic E-state index is 11.7. The van der Waals surface area contributed by atoms with E-state index in [1.165, 1.54) is 0 Å². The summed E-state index contributed by atoms with van der Waals surface area (Å²) in [5, 5.41) is 5.59. The molecule has 1 aromatic rings. The third-order valence-corrected chi connectivity index (χ3v) is 3.13. The lowest BCUT2D eigenvalue weighted by Crippen LogP contribution is -2.40. The molecule has 0 aliphatic rings. The number of rotatable bonds is 6. The lowest BCUT2D eigenvalue weighted by Gasteiger charge is -2.17. The normalized spacial score (nSPS) is 10.4. The summed E-state index contributed by atoms with van der Waals surface area (Å²) in [6.45, 7) is 7.11. The minimum atomic E-state index is -0.688. The Morgan fingerprint density at radius 3 is 2.50 bits per heavy atom. The number of hydrogen-bond donors (Lipinski definition) is 2. The van der Waals surface area contributed by atoms with E-state index in [4.69, 9.17) is 11.6 Å². The third kappa shape index (κ3) is 5.59. The van der Waals surface area contributed by atoms with Crippen molar-refractivity contribution in [3.8, 4) is 0 Å². The van der Waals surface area contributed by atoms with Crippen molar-refractivity contribution >= 4 is 29.1 Å². The van der Waals surface area contributed by atoms with E-state index < -0.39 is 11.8 Å². The molecule has 6 heteroatoms. The lowest BCUT2D eigenvalue weighted by molar-refractivity contribution is -0.136. The highest BCUT2D eigenvalue weighted by molar-refractivity contribution is 6.39. The summed E-state index contributed by atoms with van der Waals surface area (Å²) in [7, 11) is 0. The second kappa shape index (κ2) is 8.55. The van der Waals surface area contributed by atoms with E-state index in [0.717, 1.165) is 19.6 Å². The zero-order chi connectivity index (χ0) is 15.0. The van der Waals surface area contributed by atoms with Gasteiger partial charge in [0.1, 0.15) is 0 Å². The highest BCUT2D eigenvalue weighted by Gasteiger charge is 2.13. The number of likely N-dealkylation sites (N-methyl/N-ethyl adjacent to an activating group) is 1.